The topological polar surface area (TPSA) is 35.5 Å². The Bertz CT molecular complexity index is 441. The van der Waals surface area contributed by atoms with Crippen LogP contribution in [0, 0.1) is 0 Å². The van der Waals surface area contributed by atoms with Crippen molar-refractivity contribution in [3.8, 4) is 5.75 Å². The minimum Gasteiger partial charge on any atom is -0.425 e. The van der Waals surface area contributed by atoms with Crippen LogP contribution in [0.15, 0.2) is 29.4 Å². The van der Waals surface area contributed by atoms with E-state index in [1.54, 1.807) is 24.3 Å². The van der Waals surface area contributed by atoms with Gasteiger partial charge in [-0.2, -0.15) is 0 Å². The third kappa shape index (κ3) is 6.87. The van der Waals surface area contributed by atoms with E-state index in [1.807, 2.05) is 0 Å². The molecule has 0 unspecified atom stereocenters. The van der Waals surface area contributed by atoms with Crippen LogP contribution in [0.3, 0.4) is 0 Å². The fraction of sp³-hybridized carbons (Fsp3) is 0.182. The maximum atomic E-state index is 11.4. The number of esters is 1. The number of rotatable bonds is 5. The minimum atomic E-state index is -0.426. The lowest BCUT2D eigenvalue weighted by molar-refractivity contribution is -0.139. The summed E-state index contributed by atoms with van der Waals surface area (Å²) in [5.41, 5.74) is 0. The summed E-state index contributed by atoms with van der Waals surface area (Å²) in [5, 5.41) is 0.599. The maximum Gasteiger partial charge on any atom is 0.337 e. The van der Waals surface area contributed by atoms with Crippen molar-refractivity contribution in [2.75, 3.05) is 13.2 Å². The van der Waals surface area contributed by atoms with Gasteiger partial charge in [0.25, 0.3) is 0 Å². The molecule has 0 amide bonds. The van der Waals surface area contributed by atoms with Crippen LogP contribution in [0.2, 0.25) is 5.02 Å². The molecular weight excluding hydrogens is 596 g/mol. The molecule has 18 heavy (non-hydrogen) atoms. The van der Waals surface area contributed by atoms with E-state index in [4.69, 9.17) is 21.1 Å². The Balaban J connectivity index is 2.34. The predicted octanol–water partition coefficient (Wildman–Crippen LogP) is 4.74. The van der Waals surface area contributed by atoms with Crippen LogP contribution in [0.25, 0.3) is 0 Å². The van der Waals surface area contributed by atoms with Gasteiger partial charge in [0.05, 0.1) is 8.19 Å². The van der Waals surface area contributed by atoms with Crippen molar-refractivity contribution < 1.29 is 14.3 Å². The highest BCUT2D eigenvalue weighted by molar-refractivity contribution is 14.2. The SMILES string of the molecule is O=C(COCC(I)=C(I)I)Oc1ccc(Cl)cc1. The Morgan fingerprint density at radius 1 is 1.11 bits per heavy atom. The Kier molecular flexibility index (Phi) is 8.39. The van der Waals surface area contributed by atoms with E-state index in [0.29, 0.717) is 17.4 Å². The Morgan fingerprint density at radius 2 is 1.72 bits per heavy atom. The first-order valence-electron chi connectivity index (χ1n) is 4.72. The number of halogens is 4. The van der Waals surface area contributed by atoms with Gasteiger partial charge in [0, 0.05) is 8.60 Å². The monoisotopic (exact) mass is 604 g/mol. The molecule has 1 aromatic rings. The fourth-order valence-corrected chi connectivity index (χ4v) is 1.60. The average Bonchev–Trinajstić information content (AvgIpc) is 2.32. The van der Waals surface area contributed by atoms with Crippen LogP contribution in [-0.4, -0.2) is 19.2 Å². The van der Waals surface area contributed by atoms with Gasteiger partial charge in [-0.15, -0.1) is 0 Å². The zero-order chi connectivity index (χ0) is 13.5. The smallest absolute Gasteiger partial charge is 0.337 e. The summed E-state index contributed by atoms with van der Waals surface area (Å²) in [5.74, 6) is 0.0340. The van der Waals surface area contributed by atoms with Gasteiger partial charge in [-0.05, 0) is 92.0 Å². The van der Waals surface area contributed by atoms with Crippen molar-refractivity contribution in [3.05, 3.63) is 34.5 Å². The molecule has 0 radical (unpaired) electrons. The predicted molar refractivity (Wildman–Crippen MR) is 97.0 cm³/mol. The van der Waals surface area contributed by atoms with Crippen LogP contribution >= 0.6 is 79.4 Å². The van der Waals surface area contributed by atoms with Gasteiger partial charge >= 0.3 is 5.97 Å². The van der Waals surface area contributed by atoms with E-state index in [1.165, 1.54) is 0 Å². The van der Waals surface area contributed by atoms with Crippen molar-refractivity contribution in [3.63, 3.8) is 0 Å². The van der Waals surface area contributed by atoms with Crippen molar-refractivity contribution >= 4 is 85.3 Å². The molecule has 0 aliphatic heterocycles. The molecule has 0 saturated carbocycles. The highest BCUT2D eigenvalue weighted by Crippen LogP contribution is 2.25. The summed E-state index contributed by atoms with van der Waals surface area (Å²) in [6, 6.07) is 6.60. The molecule has 3 nitrogen and oxygen atoms in total. The molecule has 0 bridgehead atoms. The van der Waals surface area contributed by atoms with Crippen molar-refractivity contribution in [2.45, 2.75) is 0 Å². The molecule has 0 fully saturated rings. The summed E-state index contributed by atoms with van der Waals surface area (Å²) < 4.78 is 12.5. The molecule has 0 aliphatic rings. The quantitative estimate of drug-likeness (QED) is 0.277. The number of ether oxygens (including phenoxy) is 2. The summed E-state index contributed by atoms with van der Waals surface area (Å²) in [7, 11) is 0. The van der Waals surface area contributed by atoms with Gasteiger partial charge < -0.3 is 9.47 Å². The first-order valence-corrected chi connectivity index (χ1v) is 8.34. The molecule has 0 spiro atoms. The van der Waals surface area contributed by atoms with Gasteiger partial charge in [0.15, 0.2) is 0 Å². The summed E-state index contributed by atoms with van der Waals surface area (Å²) in [6.45, 7) is 0.340. The summed E-state index contributed by atoms with van der Waals surface area (Å²) in [6.07, 6.45) is 0. The van der Waals surface area contributed by atoms with E-state index in [-0.39, 0.29) is 6.61 Å². The van der Waals surface area contributed by atoms with Crippen LogP contribution in [0.5, 0.6) is 5.75 Å². The molecule has 7 heteroatoms. The second-order valence-electron chi connectivity index (χ2n) is 3.09. The molecule has 98 valence electrons. The standard InChI is InChI=1S/C11H8ClI3O3/c12-7-1-3-8(4-2-7)18-10(16)6-17-5-9(13)11(14)15/h1-4H,5-6H2. The van der Waals surface area contributed by atoms with Gasteiger partial charge in [-0.1, -0.05) is 11.6 Å². The molecule has 0 aliphatic carbocycles. The molecule has 1 rings (SSSR count). The van der Waals surface area contributed by atoms with Crippen molar-refractivity contribution in [1.82, 2.24) is 0 Å². The number of carbonyl (C=O) groups is 1. The molecule has 0 N–H and O–H groups in total. The van der Waals surface area contributed by atoms with Crippen LogP contribution < -0.4 is 4.74 Å². The molecule has 0 saturated heterocycles. The molecular formula is C11H8ClI3O3. The lowest BCUT2D eigenvalue weighted by Gasteiger charge is -2.05. The number of carbonyl (C=O) groups excluding carboxylic acids is 1. The summed E-state index contributed by atoms with van der Waals surface area (Å²) >= 11 is 12.3. The Labute approximate surface area is 151 Å². The molecule has 0 heterocycles. The largest absolute Gasteiger partial charge is 0.425 e. The zero-order valence-corrected chi connectivity index (χ0v) is 16.2. The van der Waals surface area contributed by atoms with E-state index < -0.39 is 5.97 Å². The van der Waals surface area contributed by atoms with E-state index >= 15 is 0 Å². The second kappa shape index (κ2) is 8.93. The van der Waals surface area contributed by atoms with Gasteiger partial charge in [-0.25, -0.2) is 4.79 Å². The van der Waals surface area contributed by atoms with Crippen LogP contribution in [0.4, 0.5) is 0 Å². The van der Waals surface area contributed by atoms with Crippen molar-refractivity contribution in [1.29, 1.82) is 0 Å². The second-order valence-corrected chi connectivity index (χ2v) is 9.05. The molecule has 0 aromatic heterocycles. The van der Waals surface area contributed by atoms with E-state index in [9.17, 15) is 4.79 Å². The van der Waals surface area contributed by atoms with Gasteiger partial charge in [0.1, 0.15) is 12.4 Å². The fourth-order valence-electron chi connectivity index (χ4n) is 0.942. The zero-order valence-electron chi connectivity index (χ0n) is 8.96. The first kappa shape index (κ1) is 16.9. The van der Waals surface area contributed by atoms with Gasteiger partial charge in [0.2, 0.25) is 0 Å². The molecule has 0 atom stereocenters. The van der Waals surface area contributed by atoms with Crippen molar-refractivity contribution in [2.24, 2.45) is 0 Å². The summed E-state index contributed by atoms with van der Waals surface area (Å²) in [4.78, 5) is 11.4. The normalized spacial score (nSPS) is 10.0. The Hall–Kier alpha value is 0.870. The molecule has 1 aromatic carbocycles. The Morgan fingerprint density at radius 3 is 2.28 bits per heavy atom. The highest BCUT2D eigenvalue weighted by Gasteiger charge is 2.06. The minimum absolute atomic E-state index is 0.0737. The third-order valence-electron chi connectivity index (χ3n) is 1.70. The number of hydrogen-bond donors (Lipinski definition) is 0. The number of hydrogen-bond acceptors (Lipinski definition) is 3. The van der Waals surface area contributed by atoms with E-state index in [2.05, 4.69) is 67.8 Å². The number of benzene rings is 1. The van der Waals surface area contributed by atoms with Crippen LogP contribution in [-0.2, 0) is 9.53 Å². The lowest BCUT2D eigenvalue weighted by atomic mass is 10.3. The third-order valence-corrected chi connectivity index (χ3v) is 6.17. The average molecular weight is 604 g/mol. The van der Waals surface area contributed by atoms with Crippen LogP contribution in [0.1, 0.15) is 0 Å². The van der Waals surface area contributed by atoms with Gasteiger partial charge in [-0.3, -0.25) is 0 Å². The maximum absolute atomic E-state index is 11.4. The lowest BCUT2D eigenvalue weighted by Crippen LogP contribution is -2.16. The highest BCUT2D eigenvalue weighted by atomic mass is 127. The van der Waals surface area contributed by atoms with E-state index in [0.717, 1.165) is 5.17 Å². The first-order chi connectivity index (χ1) is 8.49.